The molecule has 0 aliphatic carbocycles. The van der Waals surface area contributed by atoms with E-state index in [0.29, 0.717) is 5.69 Å². The van der Waals surface area contributed by atoms with Gasteiger partial charge < -0.3 is 9.84 Å². The Morgan fingerprint density at radius 2 is 1.86 bits per heavy atom. The molecule has 2 aromatic carbocycles. The molecule has 0 saturated heterocycles. The first-order valence-corrected chi connectivity index (χ1v) is 10.2. The van der Waals surface area contributed by atoms with E-state index < -0.39 is 21.7 Å². The van der Waals surface area contributed by atoms with Gasteiger partial charge in [-0.15, -0.1) is 0 Å². The van der Waals surface area contributed by atoms with Crippen LogP contribution in [0.15, 0.2) is 47.0 Å². The molecule has 10 heteroatoms. The minimum absolute atomic E-state index is 0.0217. The van der Waals surface area contributed by atoms with Gasteiger partial charge in [0.2, 0.25) is 10.0 Å². The molecule has 0 atom stereocenters. The number of halogens is 2. The molecule has 1 amide bonds. The third-order valence-corrected chi connectivity index (χ3v) is 4.63. The zero-order valence-electron chi connectivity index (χ0n) is 14.8. The average Bonchev–Trinajstić information content (AvgIpc) is 2.95. The van der Waals surface area contributed by atoms with Gasteiger partial charge in [-0.3, -0.25) is 9.52 Å². The Balaban J connectivity index is 1.95. The molecule has 2 N–H and O–H groups in total. The first-order valence-electron chi connectivity index (χ1n) is 7.95. The molecule has 0 radical (unpaired) electrons. The second-order valence-corrected chi connectivity index (χ2v) is 8.12. The Hall–Kier alpha value is -2.91. The zero-order valence-corrected chi connectivity index (χ0v) is 16.4. The minimum atomic E-state index is -3.47. The van der Waals surface area contributed by atoms with E-state index >= 15 is 0 Å². The van der Waals surface area contributed by atoms with Crippen LogP contribution in [-0.4, -0.2) is 25.7 Å². The highest BCUT2D eigenvalue weighted by Gasteiger charge is 2.25. The summed E-state index contributed by atoms with van der Waals surface area (Å²) in [5.41, 5.74) is 0.556. The third-order valence-electron chi connectivity index (χ3n) is 3.71. The number of benzene rings is 2. The Morgan fingerprint density at radius 3 is 2.54 bits per heavy atom. The lowest BCUT2D eigenvalue weighted by molar-refractivity contribution is 0.102. The number of sulfonamides is 1. The smallest absolute Gasteiger partial charge is 0.261 e. The van der Waals surface area contributed by atoms with E-state index in [2.05, 4.69) is 15.2 Å². The van der Waals surface area contributed by atoms with Crippen LogP contribution in [0.25, 0.3) is 11.3 Å². The molecule has 0 fully saturated rings. The summed E-state index contributed by atoms with van der Waals surface area (Å²) in [4.78, 5) is 12.8. The third kappa shape index (κ3) is 4.32. The van der Waals surface area contributed by atoms with Crippen molar-refractivity contribution in [2.75, 3.05) is 16.3 Å². The number of carbonyl (C=O) groups excluding carboxylic acids is 1. The Labute approximate surface area is 165 Å². The Kier molecular flexibility index (Phi) is 5.39. The highest BCUT2D eigenvalue weighted by atomic mass is 35.5. The largest absolute Gasteiger partial charge is 0.360 e. The van der Waals surface area contributed by atoms with Gasteiger partial charge in [-0.2, -0.15) is 0 Å². The van der Waals surface area contributed by atoms with Crippen molar-refractivity contribution in [3.05, 3.63) is 64.6 Å². The molecular formula is C18H15ClFN3O4S. The maximum Gasteiger partial charge on any atom is 0.261 e. The van der Waals surface area contributed by atoms with Crippen molar-refractivity contribution in [3.8, 4) is 11.3 Å². The summed E-state index contributed by atoms with van der Waals surface area (Å²) in [5.74, 6) is -1.07. The Morgan fingerprint density at radius 1 is 1.18 bits per heavy atom. The molecule has 0 unspecified atom stereocenters. The molecule has 0 aliphatic heterocycles. The van der Waals surface area contributed by atoms with E-state index in [4.69, 9.17) is 16.1 Å². The number of hydrogen-bond acceptors (Lipinski definition) is 5. The number of carbonyl (C=O) groups is 1. The second kappa shape index (κ2) is 7.61. The van der Waals surface area contributed by atoms with Gasteiger partial charge in [-0.05, 0) is 37.3 Å². The fraction of sp³-hybridized carbons (Fsp3) is 0.111. The molecule has 7 nitrogen and oxygen atoms in total. The molecule has 146 valence electrons. The maximum absolute atomic E-state index is 14.3. The van der Waals surface area contributed by atoms with Gasteiger partial charge in [0.15, 0.2) is 0 Å². The van der Waals surface area contributed by atoms with Crippen LogP contribution in [-0.2, 0) is 10.0 Å². The van der Waals surface area contributed by atoms with E-state index in [1.54, 1.807) is 12.1 Å². The van der Waals surface area contributed by atoms with Crippen LogP contribution in [0.4, 0.5) is 15.8 Å². The van der Waals surface area contributed by atoms with Crippen LogP contribution in [0.1, 0.15) is 16.1 Å². The highest BCUT2D eigenvalue weighted by molar-refractivity contribution is 7.92. The molecule has 0 aliphatic rings. The van der Waals surface area contributed by atoms with Gasteiger partial charge >= 0.3 is 0 Å². The van der Waals surface area contributed by atoms with E-state index in [1.807, 2.05) is 0 Å². The van der Waals surface area contributed by atoms with Crippen molar-refractivity contribution in [3.63, 3.8) is 0 Å². The number of anilines is 2. The van der Waals surface area contributed by atoms with Gasteiger partial charge in [0, 0.05) is 5.69 Å². The van der Waals surface area contributed by atoms with Crippen molar-refractivity contribution < 1.29 is 22.1 Å². The van der Waals surface area contributed by atoms with E-state index in [9.17, 15) is 17.6 Å². The summed E-state index contributed by atoms with van der Waals surface area (Å²) in [6, 6.07) is 10.2. The number of hydrogen-bond donors (Lipinski definition) is 2. The molecule has 0 bridgehead atoms. The van der Waals surface area contributed by atoms with Crippen LogP contribution in [0.2, 0.25) is 5.02 Å². The predicted octanol–water partition coefficient (Wildman–Crippen LogP) is 4.07. The monoisotopic (exact) mass is 423 g/mol. The van der Waals surface area contributed by atoms with Gasteiger partial charge in [-0.25, -0.2) is 12.8 Å². The van der Waals surface area contributed by atoms with Crippen LogP contribution < -0.4 is 10.0 Å². The van der Waals surface area contributed by atoms with Crippen molar-refractivity contribution in [2.45, 2.75) is 6.92 Å². The van der Waals surface area contributed by atoms with Gasteiger partial charge in [0.1, 0.15) is 22.8 Å². The minimum Gasteiger partial charge on any atom is -0.360 e. The molecular weight excluding hydrogens is 409 g/mol. The summed E-state index contributed by atoms with van der Waals surface area (Å²) in [7, 11) is -3.47. The van der Waals surface area contributed by atoms with E-state index in [0.717, 1.165) is 6.26 Å². The van der Waals surface area contributed by atoms with Crippen molar-refractivity contribution in [2.24, 2.45) is 0 Å². The number of nitrogens with one attached hydrogen (secondary N) is 2. The standard InChI is InChI=1S/C18H15ClFN3O4S/c1-10-15(17(22-27-10)16-13(19)7-4-8-14(16)20)18(24)21-11-5-3-6-12(9-11)23-28(2,25)26/h3-9,23H,1-2H3,(H,21,24). The predicted molar refractivity (Wildman–Crippen MR) is 105 cm³/mol. The van der Waals surface area contributed by atoms with Crippen molar-refractivity contribution in [1.29, 1.82) is 0 Å². The number of rotatable bonds is 5. The number of aromatic nitrogens is 1. The molecule has 1 aromatic heterocycles. The summed E-state index contributed by atoms with van der Waals surface area (Å²) in [6.07, 6.45) is 1.02. The maximum atomic E-state index is 14.3. The zero-order chi connectivity index (χ0) is 20.5. The van der Waals surface area contributed by atoms with Crippen LogP contribution in [0, 0.1) is 12.7 Å². The second-order valence-electron chi connectivity index (χ2n) is 5.97. The lowest BCUT2D eigenvalue weighted by Crippen LogP contribution is -2.14. The topological polar surface area (TPSA) is 101 Å². The molecule has 3 aromatic rings. The summed E-state index contributed by atoms with van der Waals surface area (Å²) >= 11 is 6.07. The summed E-state index contributed by atoms with van der Waals surface area (Å²) < 4.78 is 44.4. The molecule has 0 spiro atoms. The van der Waals surface area contributed by atoms with Crippen molar-refractivity contribution >= 4 is 38.9 Å². The number of nitrogens with zero attached hydrogens (tertiary/aromatic N) is 1. The quantitative estimate of drug-likeness (QED) is 0.644. The number of amides is 1. The van der Waals surface area contributed by atoms with Gasteiger partial charge in [-0.1, -0.05) is 28.9 Å². The van der Waals surface area contributed by atoms with Gasteiger partial charge in [0.25, 0.3) is 5.91 Å². The first kappa shape index (κ1) is 19.8. The van der Waals surface area contributed by atoms with Crippen LogP contribution in [0.5, 0.6) is 0 Å². The summed E-state index contributed by atoms with van der Waals surface area (Å²) in [6.45, 7) is 1.52. The average molecular weight is 424 g/mol. The fourth-order valence-electron chi connectivity index (χ4n) is 2.60. The van der Waals surface area contributed by atoms with Crippen LogP contribution in [0.3, 0.4) is 0 Å². The molecule has 0 saturated carbocycles. The lowest BCUT2D eigenvalue weighted by Gasteiger charge is -2.09. The van der Waals surface area contributed by atoms with Gasteiger partial charge in [0.05, 0.1) is 22.5 Å². The SMILES string of the molecule is Cc1onc(-c2c(F)cccc2Cl)c1C(=O)Nc1cccc(NS(C)(=O)=O)c1. The molecule has 3 rings (SSSR count). The lowest BCUT2D eigenvalue weighted by atomic mass is 10.0. The van der Waals surface area contributed by atoms with Crippen molar-refractivity contribution in [1.82, 2.24) is 5.16 Å². The molecule has 28 heavy (non-hydrogen) atoms. The number of aryl methyl sites for hydroxylation is 1. The first-order chi connectivity index (χ1) is 13.2. The van der Waals surface area contributed by atoms with Crippen LogP contribution >= 0.6 is 11.6 Å². The normalized spacial score (nSPS) is 11.3. The molecule has 1 heterocycles. The summed E-state index contributed by atoms with van der Waals surface area (Å²) in [5, 5.41) is 6.49. The fourth-order valence-corrected chi connectivity index (χ4v) is 3.41. The van der Waals surface area contributed by atoms with E-state index in [1.165, 1.54) is 37.3 Å². The highest BCUT2D eigenvalue weighted by Crippen LogP contribution is 2.33. The van der Waals surface area contributed by atoms with E-state index in [-0.39, 0.29) is 33.3 Å². The Bertz CT molecular complexity index is 1140.